The zero-order valence-corrected chi connectivity index (χ0v) is 23.8. The number of aryl methyl sites for hydroxylation is 1. The van der Waals surface area contributed by atoms with Crippen molar-refractivity contribution >= 4 is 23.2 Å². The van der Waals surface area contributed by atoms with Crippen molar-refractivity contribution in [3.05, 3.63) is 90.0 Å². The third-order valence-electron chi connectivity index (χ3n) is 8.73. The molecule has 3 heterocycles. The van der Waals surface area contributed by atoms with Crippen molar-refractivity contribution in [3.8, 4) is 5.75 Å². The van der Waals surface area contributed by atoms with E-state index in [-0.39, 0.29) is 17.9 Å². The highest BCUT2D eigenvalue weighted by molar-refractivity contribution is 5.97. The number of rotatable bonds is 8. The molecule has 41 heavy (non-hydrogen) atoms. The molecule has 3 aliphatic rings. The van der Waals surface area contributed by atoms with Gasteiger partial charge < -0.3 is 19.4 Å². The molecule has 2 amide bonds. The van der Waals surface area contributed by atoms with Crippen molar-refractivity contribution in [3.63, 3.8) is 0 Å². The van der Waals surface area contributed by atoms with E-state index in [1.54, 1.807) is 0 Å². The van der Waals surface area contributed by atoms with Crippen LogP contribution in [0.3, 0.4) is 0 Å². The second-order valence-electron chi connectivity index (χ2n) is 11.3. The van der Waals surface area contributed by atoms with Crippen LogP contribution in [0.5, 0.6) is 5.75 Å². The van der Waals surface area contributed by atoms with Gasteiger partial charge in [0.2, 0.25) is 5.91 Å². The Morgan fingerprint density at radius 1 is 0.780 bits per heavy atom. The number of likely N-dealkylation sites (tertiary alicyclic amines) is 1. The van der Waals surface area contributed by atoms with Crippen LogP contribution in [0.1, 0.15) is 41.6 Å². The summed E-state index contributed by atoms with van der Waals surface area (Å²) in [6.07, 6.45) is 3.96. The number of benzene rings is 3. The second-order valence-corrected chi connectivity index (χ2v) is 11.3. The lowest BCUT2D eigenvalue weighted by atomic mass is 9.95. The summed E-state index contributed by atoms with van der Waals surface area (Å²) in [4.78, 5) is 34.9. The number of hydrogen-bond donors (Lipinski definition) is 0. The second kappa shape index (κ2) is 12.8. The van der Waals surface area contributed by atoms with Crippen molar-refractivity contribution in [2.45, 2.75) is 38.1 Å². The number of amides is 2. The minimum atomic E-state index is 0.0509. The molecule has 6 rings (SSSR count). The molecule has 214 valence electrons. The van der Waals surface area contributed by atoms with Crippen molar-refractivity contribution in [2.75, 3.05) is 62.2 Å². The Bertz CT molecular complexity index is 1310. The van der Waals surface area contributed by atoms with Crippen molar-refractivity contribution in [1.29, 1.82) is 0 Å². The first kappa shape index (κ1) is 27.3. The van der Waals surface area contributed by atoms with Gasteiger partial charge in [-0.15, -0.1) is 0 Å². The van der Waals surface area contributed by atoms with Crippen molar-refractivity contribution < 1.29 is 14.3 Å². The summed E-state index contributed by atoms with van der Waals surface area (Å²) in [5, 5.41) is 0. The lowest BCUT2D eigenvalue weighted by Crippen LogP contribution is -2.50. The van der Waals surface area contributed by atoms with E-state index >= 15 is 0 Å². The predicted molar refractivity (Wildman–Crippen MR) is 163 cm³/mol. The first-order chi connectivity index (χ1) is 20.2. The molecule has 0 saturated carbocycles. The van der Waals surface area contributed by atoms with Gasteiger partial charge in [0.15, 0.2) is 0 Å². The third kappa shape index (κ3) is 6.41. The highest BCUT2D eigenvalue weighted by Crippen LogP contribution is 2.32. The van der Waals surface area contributed by atoms with E-state index < -0.39 is 0 Å². The van der Waals surface area contributed by atoms with Crippen molar-refractivity contribution in [2.24, 2.45) is 0 Å². The SMILES string of the molecule is O=C(c1ccc(OCCCN2CCN(c3ccccc3)CC2)cc1)N1CCC(N2C(=O)CCc3ccccc32)CC1. The topological polar surface area (TPSA) is 56.3 Å². The predicted octanol–water partition coefficient (Wildman–Crippen LogP) is 4.86. The number of carbonyl (C=O) groups is 2. The van der Waals surface area contributed by atoms with Gasteiger partial charge in [-0.2, -0.15) is 0 Å². The molecule has 2 saturated heterocycles. The molecule has 3 aromatic rings. The Kier molecular flexibility index (Phi) is 8.52. The number of carbonyl (C=O) groups excluding carboxylic acids is 2. The maximum absolute atomic E-state index is 13.2. The van der Waals surface area contributed by atoms with E-state index in [1.807, 2.05) is 46.2 Å². The van der Waals surface area contributed by atoms with Gasteiger partial charge >= 0.3 is 0 Å². The van der Waals surface area contributed by atoms with Crippen LogP contribution in [0, 0.1) is 0 Å². The van der Waals surface area contributed by atoms with Crippen LogP contribution < -0.4 is 14.5 Å². The standard InChI is InChI=1S/C34H40N4O3/c39-33-16-13-27-7-4-5-10-32(27)38(33)30-17-20-37(21-18-30)34(40)28-11-14-31(15-12-28)41-26-6-19-35-22-24-36(25-23-35)29-8-2-1-3-9-29/h1-5,7-12,14-15,30H,6,13,16-26H2. The molecule has 3 aliphatic heterocycles. The Hall–Kier alpha value is -3.84. The van der Waals surface area contributed by atoms with Crippen LogP contribution in [0.4, 0.5) is 11.4 Å². The van der Waals surface area contributed by atoms with Crippen LogP contribution in [0.25, 0.3) is 0 Å². The summed E-state index contributed by atoms with van der Waals surface area (Å²) in [5.74, 6) is 1.06. The number of anilines is 2. The van der Waals surface area contributed by atoms with E-state index in [2.05, 4.69) is 52.3 Å². The fourth-order valence-corrected chi connectivity index (χ4v) is 6.40. The fraction of sp³-hybridized carbons (Fsp3) is 0.412. The summed E-state index contributed by atoms with van der Waals surface area (Å²) in [6.45, 7) is 7.28. The quantitative estimate of drug-likeness (QED) is 0.374. The summed E-state index contributed by atoms with van der Waals surface area (Å²) in [7, 11) is 0. The molecular weight excluding hydrogens is 512 g/mol. The molecule has 2 fully saturated rings. The van der Waals surface area contributed by atoms with Crippen LogP contribution >= 0.6 is 0 Å². The van der Waals surface area contributed by atoms with E-state index in [1.165, 1.54) is 11.3 Å². The normalized spacial score (nSPS) is 18.3. The first-order valence-electron chi connectivity index (χ1n) is 15.1. The molecule has 0 spiro atoms. The van der Waals surface area contributed by atoms with Crippen LogP contribution in [0.2, 0.25) is 0 Å². The number of piperidine rings is 1. The van der Waals surface area contributed by atoms with Gasteiger partial charge in [0.05, 0.1) is 6.61 Å². The van der Waals surface area contributed by atoms with E-state index in [9.17, 15) is 9.59 Å². The number of fused-ring (bicyclic) bond motifs is 1. The molecule has 0 N–H and O–H groups in total. The number of nitrogens with zero attached hydrogens (tertiary/aromatic N) is 4. The van der Waals surface area contributed by atoms with E-state index in [4.69, 9.17) is 4.74 Å². The van der Waals surface area contributed by atoms with Gasteiger partial charge in [-0.1, -0.05) is 36.4 Å². The molecule has 0 radical (unpaired) electrons. The molecule has 0 aromatic heterocycles. The van der Waals surface area contributed by atoms with Gasteiger partial charge in [-0.3, -0.25) is 14.5 Å². The van der Waals surface area contributed by atoms with Crippen molar-refractivity contribution in [1.82, 2.24) is 9.80 Å². The van der Waals surface area contributed by atoms with Crippen LogP contribution in [0.15, 0.2) is 78.9 Å². The largest absolute Gasteiger partial charge is 0.494 e. The van der Waals surface area contributed by atoms with Gasteiger partial charge in [0, 0.05) is 75.2 Å². The smallest absolute Gasteiger partial charge is 0.253 e. The summed E-state index contributed by atoms with van der Waals surface area (Å²) in [6, 6.07) is 26.6. The van der Waals surface area contributed by atoms with E-state index in [0.717, 1.165) is 69.8 Å². The summed E-state index contributed by atoms with van der Waals surface area (Å²) < 4.78 is 5.99. The maximum atomic E-state index is 13.2. The zero-order valence-electron chi connectivity index (χ0n) is 23.8. The highest BCUT2D eigenvalue weighted by atomic mass is 16.5. The van der Waals surface area contributed by atoms with Gasteiger partial charge in [-0.05, 0) is 73.7 Å². The van der Waals surface area contributed by atoms with E-state index in [0.29, 0.717) is 31.7 Å². The molecule has 0 bridgehead atoms. The van der Waals surface area contributed by atoms with Crippen LogP contribution in [-0.2, 0) is 11.2 Å². The summed E-state index contributed by atoms with van der Waals surface area (Å²) >= 11 is 0. The zero-order chi connectivity index (χ0) is 28.0. The Labute approximate surface area is 243 Å². The minimum Gasteiger partial charge on any atom is -0.494 e. The monoisotopic (exact) mass is 552 g/mol. The lowest BCUT2D eigenvalue weighted by Gasteiger charge is -2.41. The number of piperazine rings is 1. The lowest BCUT2D eigenvalue weighted by molar-refractivity contribution is -0.119. The van der Waals surface area contributed by atoms with Gasteiger partial charge in [0.1, 0.15) is 5.75 Å². The Morgan fingerprint density at radius 2 is 1.49 bits per heavy atom. The first-order valence-corrected chi connectivity index (χ1v) is 15.1. The third-order valence-corrected chi connectivity index (χ3v) is 8.73. The average molecular weight is 553 g/mol. The molecule has 3 aromatic carbocycles. The molecular formula is C34H40N4O3. The fourth-order valence-electron chi connectivity index (χ4n) is 6.40. The minimum absolute atomic E-state index is 0.0509. The van der Waals surface area contributed by atoms with Crippen LogP contribution in [-0.4, -0.2) is 80.1 Å². The average Bonchev–Trinajstić information content (AvgIpc) is 3.04. The number of ether oxygens (including phenoxy) is 1. The molecule has 7 nitrogen and oxygen atoms in total. The maximum Gasteiger partial charge on any atom is 0.253 e. The highest BCUT2D eigenvalue weighted by Gasteiger charge is 2.33. The van der Waals surface area contributed by atoms with Gasteiger partial charge in [0.25, 0.3) is 5.91 Å². The molecule has 0 unspecified atom stereocenters. The molecule has 0 aliphatic carbocycles. The number of para-hydroxylation sites is 2. The molecule has 7 heteroatoms. The molecule has 0 atom stereocenters. The van der Waals surface area contributed by atoms with Gasteiger partial charge in [-0.25, -0.2) is 0 Å². The Balaban J connectivity index is 0.923. The summed E-state index contributed by atoms with van der Waals surface area (Å²) in [5.41, 5.74) is 4.29. The Morgan fingerprint density at radius 3 is 2.24 bits per heavy atom. The number of hydrogen-bond acceptors (Lipinski definition) is 5.